The van der Waals surface area contributed by atoms with Crippen molar-refractivity contribution in [2.24, 2.45) is 23.7 Å². The Morgan fingerprint density at radius 1 is 1.10 bits per heavy atom. The van der Waals surface area contributed by atoms with Gasteiger partial charge in [0, 0.05) is 12.1 Å². The molecule has 7 nitrogen and oxygen atoms in total. The van der Waals surface area contributed by atoms with Crippen LogP contribution in [0.4, 0.5) is 4.79 Å². The van der Waals surface area contributed by atoms with E-state index in [2.05, 4.69) is 10.6 Å². The fourth-order valence-corrected chi connectivity index (χ4v) is 6.73. The molecule has 0 spiro atoms. The second kappa shape index (κ2) is 8.25. The minimum atomic E-state index is -0.450. The summed E-state index contributed by atoms with van der Waals surface area (Å²) in [6, 6.07) is -0.808. The lowest BCUT2D eigenvalue weighted by Gasteiger charge is -2.56. The highest BCUT2D eigenvalue weighted by Gasteiger charge is 2.51. The molecule has 0 aromatic carbocycles. The molecular formula is C22H35N3O4. The van der Waals surface area contributed by atoms with Gasteiger partial charge in [0.15, 0.2) is 0 Å². The van der Waals surface area contributed by atoms with Gasteiger partial charge in [-0.05, 0) is 89.5 Å². The van der Waals surface area contributed by atoms with Crippen LogP contribution in [0.1, 0.15) is 65.2 Å². The number of hydrogen-bond donors (Lipinski definition) is 2. The van der Waals surface area contributed by atoms with Crippen molar-refractivity contribution in [3.05, 3.63) is 0 Å². The lowest BCUT2D eigenvalue weighted by molar-refractivity contribution is -0.151. The summed E-state index contributed by atoms with van der Waals surface area (Å²) in [4.78, 5) is 39.4. The van der Waals surface area contributed by atoms with E-state index in [1.165, 1.54) is 19.3 Å². The van der Waals surface area contributed by atoms with E-state index in [-0.39, 0.29) is 29.4 Å². The van der Waals surface area contributed by atoms with Crippen LogP contribution in [0.5, 0.6) is 0 Å². The van der Waals surface area contributed by atoms with Crippen LogP contribution in [0, 0.1) is 23.7 Å². The molecule has 0 aromatic rings. The third-order valence-corrected chi connectivity index (χ3v) is 7.65. The van der Waals surface area contributed by atoms with Gasteiger partial charge in [-0.1, -0.05) is 0 Å². The zero-order valence-corrected chi connectivity index (χ0v) is 17.7. The molecular weight excluding hydrogens is 370 g/mol. The van der Waals surface area contributed by atoms with Crippen molar-refractivity contribution in [3.8, 4) is 0 Å². The number of ether oxygens (including phenoxy) is 1. The number of esters is 1. The van der Waals surface area contributed by atoms with Gasteiger partial charge >= 0.3 is 12.0 Å². The van der Waals surface area contributed by atoms with Gasteiger partial charge in [-0.25, -0.2) is 4.79 Å². The average Bonchev–Trinajstić information content (AvgIpc) is 2.66. The normalized spacial score (nSPS) is 37.0. The summed E-state index contributed by atoms with van der Waals surface area (Å²) in [7, 11) is 0. The first-order valence-corrected chi connectivity index (χ1v) is 11.4. The molecule has 29 heavy (non-hydrogen) atoms. The molecule has 1 aliphatic heterocycles. The lowest BCUT2D eigenvalue weighted by atomic mass is 9.53. The summed E-state index contributed by atoms with van der Waals surface area (Å²) in [6.07, 6.45) is 8.76. The van der Waals surface area contributed by atoms with Crippen molar-refractivity contribution in [2.75, 3.05) is 19.7 Å². The molecule has 0 aromatic heterocycles. The molecule has 4 saturated carbocycles. The number of hydrogen-bond acceptors (Lipinski definition) is 5. The van der Waals surface area contributed by atoms with Crippen molar-refractivity contribution in [1.82, 2.24) is 15.5 Å². The Balaban J connectivity index is 1.29. The summed E-state index contributed by atoms with van der Waals surface area (Å²) in [6.45, 7) is 5.23. The highest BCUT2D eigenvalue weighted by atomic mass is 16.5. The van der Waals surface area contributed by atoms with Crippen molar-refractivity contribution in [1.29, 1.82) is 0 Å². The van der Waals surface area contributed by atoms with Gasteiger partial charge in [-0.3, -0.25) is 19.8 Å². The van der Waals surface area contributed by atoms with Gasteiger partial charge in [-0.15, -0.1) is 0 Å². The number of piperidine rings is 1. The van der Waals surface area contributed by atoms with Crippen LogP contribution in [-0.4, -0.2) is 54.1 Å². The maximum Gasteiger partial charge on any atom is 0.321 e. The van der Waals surface area contributed by atoms with E-state index in [1.54, 1.807) is 13.8 Å². The predicted molar refractivity (Wildman–Crippen MR) is 108 cm³/mol. The number of amides is 3. The van der Waals surface area contributed by atoms with E-state index in [0.717, 1.165) is 56.4 Å². The topological polar surface area (TPSA) is 87.7 Å². The van der Waals surface area contributed by atoms with Gasteiger partial charge < -0.3 is 10.1 Å². The molecule has 4 bridgehead atoms. The number of urea groups is 1. The Bertz CT molecular complexity index is 629. The molecule has 4 aliphatic carbocycles. The lowest BCUT2D eigenvalue weighted by Crippen LogP contribution is -2.62. The van der Waals surface area contributed by atoms with E-state index in [1.807, 2.05) is 4.90 Å². The molecule has 2 N–H and O–H groups in total. The van der Waals surface area contributed by atoms with Crippen LogP contribution in [0.3, 0.4) is 0 Å². The highest BCUT2D eigenvalue weighted by molar-refractivity contribution is 5.97. The number of carbonyl (C=O) groups is 3. The summed E-state index contributed by atoms with van der Waals surface area (Å²) >= 11 is 0. The van der Waals surface area contributed by atoms with Crippen molar-refractivity contribution in [2.45, 2.75) is 76.8 Å². The minimum absolute atomic E-state index is 0.109. The molecule has 7 heteroatoms. The summed E-state index contributed by atoms with van der Waals surface area (Å²) in [5.74, 6) is 1.54. The second-order valence-corrected chi connectivity index (χ2v) is 9.90. The van der Waals surface area contributed by atoms with E-state index >= 15 is 0 Å². The Kier molecular flexibility index (Phi) is 5.87. The van der Waals surface area contributed by atoms with Crippen LogP contribution in [0.2, 0.25) is 0 Å². The van der Waals surface area contributed by atoms with E-state index in [0.29, 0.717) is 13.2 Å². The maximum absolute atomic E-state index is 12.7. The Morgan fingerprint density at radius 2 is 1.72 bits per heavy atom. The first-order valence-electron chi connectivity index (χ1n) is 11.4. The number of nitrogens with one attached hydrogen (secondary N) is 2. The zero-order chi connectivity index (χ0) is 20.6. The van der Waals surface area contributed by atoms with Crippen LogP contribution >= 0.6 is 0 Å². The Hall–Kier alpha value is -1.63. The van der Waals surface area contributed by atoms with Gasteiger partial charge in [0.2, 0.25) is 5.91 Å². The van der Waals surface area contributed by atoms with E-state index in [4.69, 9.17) is 4.74 Å². The first-order chi connectivity index (χ1) is 13.9. The highest BCUT2D eigenvalue weighted by Crippen LogP contribution is 2.55. The number of rotatable bonds is 5. The Morgan fingerprint density at radius 3 is 2.31 bits per heavy atom. The van der Waals surface area contributed by atoms with Gasteiger partial charge in [0.05, 0.1) is 18.6 Å². The maximum atomic E-state index is 12.7. The van der Waals surface area contributed by atoms with Crippen molar-refractivity contribution >= 4 is 17.9 Å². The van der Waals surface area contributed by atoms with Gasteiger partial charge in [0.1, 0.15) is 0 Å². The van der Waals surface area contributed by atoms with Gasteiger partial charge in [-0.2, -0.15) is 0 Å². The number of imide groups is 1. The monoisotopic (exact) mass is 405 g/mol. The number of carbonyl (C=O) groups excluding carboxylic acids is 3. The molecule has 162 valence electrons. The molecule has 5 fully saturated rings. The average molecular weight is 406 g/mol. The van der Waals surface area contributed by atoms with Crippen LogP contribution in [-0.2, 0) is 14.3 Å². The van der Waals surface area contributed by atoms with E-state index < -0.39 is 6.04 Å². The van der Waals surface area contributed by atoms with Crippen molar-refractivity contribution in [3.63, 3.8) is 0 Å². The molecule has 1 heterocycles. The SMILES string of the molecule is CCOC(=O)C1CCCN(C(C)C(=O)NC(=O)NC23CC4CC(CC(C4)C2)C3)C1. The van der Waals surface area contributed by atoms with Crippen LogP contribution in [0.15, 0.2) is 0 Å². The molecule has 2 atom stereocenters. The smallest absolute Gasteiger partial charge is 0.321 e. The standard InChI is InChI=1S/C22H35N3O4/c1-3-29-20(27)18-5-4-6-25(13-18)14(2)19(26)23-21(28)24-22-10-15-7-16(11-22)9-17(8-15)12-22/h14-18H,3-13H2,1-2H3,(H2,23,24,26,28). The zero-order valence-electron chi connectivity index (χ0n) is 17.7. The summed E-state index contributed by atoms with van der Waals surface area (Å²) in [5, 5.41) is 5.77. The quantitative estimate of drug-likeness (QED) is 0.686. The minimum Gasteiger partial charge on any atom is -0.466 e. The summed E-state index contributed by atoms with van der Waals surface area (Å²) < 4.78 is 5.14. The largest absolute Gasteiger partial charge is 0.466 e. The van der Waals surface area contributed by atoms with Crippen LogP contribution < -0.4 is 10.6 Å². The Labute approximate surface area is 173 Å². The number of likely N-dealkylation sites (tertiary alicyclic amines) is 1. The molecule has 5 aliphatic rings. The molecule has 5 rings (SSSR count). The third kappa shape index (κ3) is 4.44. The molecule has 0 radical (unpaired) electrons. The van der Waals surface area contributed by atoms with Crippen LogP contribution in [0.25, 0.3) is 0 Å². The second-order valence-electron chi connectivity index (χ2n) is 9.90. The molecule has 3 amide bonds. The fraction of sp³-hybridized carbons (Fsp3) is 0.864. The fourth-order valence-electron chi connectivity index (χ4n) is 6.73. The van der Waals surface area contributed by atoms with E-state index in [9.17, 15) is 14.4 Å². The first kappa shape index (κ1) is 20.6. The number of nitrogens with zero attached hydrogens (tertiary/aromatic N) is 1. The predicted octanol–water partition coefficient (Wildman–Crippen LogP) is 2.44. The molecule has 2 unspecified atom stereocenters. The van der Waals surface area contributed by atoms with Gasteiger partial charge in [0.25, 0.3) is 0 Å². The van der Waals surface area contributed by atoms with Crippen molar-refractivity contribution < 1.29 is 19.1 Å². The third-order valence-electron chi connectivity index (χ3n) is 7.65. The summed E-state index contributed by atoms with van der Waals surface area (Å²) in [5.41, 5.74) is -0.109. The molecule has 1 saturated heterocycles.